The largest absolute Gasteiger partial charge is 0.481 e. The van der Waals surface area contributed by atoms with Gasteiger partial charge in [0, 0.05) is 25.1 Å². The highest BCUT2D eigenvalue weighted by Gasteiger charge is 2.27. The molecule has 0 aliphatic carbocycles. The Morgan fingerprint density at radius 2 is 2.16 bits per heavy atom. The third-order valence-corrected chi connectivity index (χ3v) is 2.92. The van der Waals surface area contributed by atoms with Crippen molar-refractivity contribution in [2.45, 2.75) is 13.8 Å². The van der Waals surface area contributed by atoms with Gasteiger partial charge in [-0.3, -0.25) is 9.59 Å². The Kier molecular flexibility index (Phi) is 3.25. The van der Waals surface area contributed by atoms with Gasteiger partial charge in [0.25, 0.3) is 5.91 Å². The lowest BCUT2D eigenvalue weighted by Crippen LogP contribution is -2.38. The van der Waals surface area contributed by atoms with Crippen LogP contribution in [0.5, 0.6) is 0 Å². The molecule has 6 heteroatoms. The van der Waals surface area contributed by atoms with E-state index < -0.39 is 11.4 Å². The van der Waals surface area contributed by atoms with Gasteiger partial charge in [0.15, 0.2) is 0 Å². The van der Waals surface area contributed by atoms with E-state index in [1.54, 1.807) is 49.0 Å². The monoisotopic (exact) mass is 261 g/mol. The molecule has 0 spiro atoms. The second-order valence-electron chi connectivity index (χ2n) is 4.98. The molecular weight excluding hydrogens is 246 g/mol. The first kappa shape index (κ1) is 13.1. The summed E-state index contributed by atoms with van der Waals surface area (Å²) < 4.78 is 1.73. The number of hydrogen-bond acceptors (Lipinski definition) is 3. The molecule has 0 unspecified atom stereocenters. The van der Waals surface area contributed by atoms with Crippen LogP contribution in [0, 0.1) is 5.41 Å². The third-order valence-electron chi connectivity index (χ3n) is 2.92. The number of carboxylic acid groups (broad SMARTS) is 1. The summed E-state index contributed by atoms with van der Waals surface area (Å²) in [5, 5.41) is 11.6. The van der Waals surface area contributed by atoms with E-state index in [2.05, 4.69) is 10.3 Å². The maximum atomic E-state index is 11.9. The van der Waals surface area contributed by atoms with Gasteiger partial charge >= 0.3 is 5.97 Å². The summed E-state index contributed by atoms with van der Waals surface area (Å²) >= 11 is 0. The maximum Gasteiger partial charge on any atom is 0.310 e. The Balaban J connectivity index is 2.09. The van der Waals surface area contributed by atoms with Gasteiger partial charge in [-0.25, -0.2) is 4.98 Å². The summed E-state index contributed by atoms with van der Waals surface area (Å²) in [7, 11) is 0. The quantitative estimate of drug-likeness (QED) is 0.865. The Morgan fingerprint density at radius 3 is 2.84 bits per heavy atom. The second kappa shape index (κ2) is 4.72. The van der Waals surface area contributed by atoms with E-state index in [1.807, 2.05) is 0 Å². The van der Waals surface area contributed by atoms with E-state index in [-0.39, 0.29) is 12.5 Å². The zero-order valence-electron chi connectivity index (χ0n) is 10.8. The van der Waals surface area contributed by atoms with Crippen molar-refractivity contribution in [3.8, 4) is 0 Å². The first-order valence-electron chi connectivity index (χ1n) is 5.84. The molecule has 6 nitrogen and oxygen atoms in total. The fourth-order valence-electron chi connectivity index (χ4n) is 1.53. The van der Waals surface area contributed by atoms with Gasteiger partial charge in [-0.1, -0.05) is 0 Å². The van der Waals surface area contributed by atoms with Crippen LogP contribution in [0.15, 0.2) is 30.7 Å². The van der Waals surface area contributed by atoms with Gasteiger partial charge < -0.3 is 14.8 Å². The number of carboxylic acids is 1. The van der Waals surface area contributed by atoms with E-state index in [4.69, 9.17) is 5.11 Å². The number of carbonyl (C=O) groups excluding carboxylic acids is 1. The van der Waals surface area contributed by atoms with Crippen LogP contribution in [0.25, 0.3) is 5.65 Å². The van der Waals surface area contributed by atoms with Crippen LogP contribution < -0.4 is 5.32 Å². The summed E-state index contributed by atoms with van der Waals surface area (Å²) in [6, 6.07) is 3.39. The number of aliphatic carboxylic acids is 1. The molecule has 2 aromatic rings. The average molecular weight is 261 g/mol. The third kappa shape index (κ3) is 2.73. The van der Waals surface area contributed by atoms with Crippen LogP contribution in [0.2, 0.25) is 0 Å². The number of nitrogens with zero attached hydrogens (tertiary/aromatic N) is 2. The minimum Gasteiger partial charge on any atom is -0.481 e. The van der Waals surface area contributed by atoms with Crippen LogP contribution in [0.1, 0.15) is 24.2 Å². The van der Waals surface area contributed by atoms with Crippen LogP contribution in [0.3, 0.4) is 0 Å². The van der Waals surface area contributed by atoms with Crippen molar-refractivity contribution in [2.24, 2.45) is 5.41 Å². The van der Waals surface area contributed by atoms with Gasteiger partial charge in [-0.15, -0.1) is 0 Å². The van der Waals surface area contributed by atoms with E-state index in [9.17, 15) is 9.59 Å². The molecule has 0 aliphatic heterocycles. The number of nitrogens with one attached hydrogen (secondary N) is 1. The van der Waals surface area contributed by atoms with E-state index in [0.717, 1.165) is 5.65 Å². The summed E-state index contributed by atoms with van der Waals surface area (Å²) in [5.41, 5.74) is 0.225. The average Bonchev–Trinajstić information content (AvgIpc) is 2.82. The van der Waals surface area contributed by atoms with Crippen molar-refractivity contribution < 1.29 is 14.7 Å². The molecule has 0 atom stereocenters. The number of imidazole rings is 1. The SMILES string of the molecule is CC(C)(CNC(=O)c1ccc2nccn2c1)C(=O)O. The summed E-state index contributed by atoms with van der Waals surface area (Å²) in [5.74, 6) is -1.25. The molecule has 0 saturated carbocycles. The van der Waals surface area contributed by atoms with Crippen LogP contribution >= 0.6 is 0 Å². The highest BCUT2D eigenvalue weighted by Crippen LogP contribution is 2.13. The smallest absolute Gasteiger partial charge is 0.310 e. The summed E-state index contributed by atoms with van der Waals surface area (Å²) in [6.07, 6.45) is 5.04. The molecule has 0 bridgehead atoms. The highest BCUT2D eigenvalue weighted by molar-refractivity contribution is 5.94. The fourth-order valence-corrected chi connectivity index (χ4v) is 1.53. The van der Waals surface area contributed by atoms with Crippen molar-refractivity contribution in [3.63, 3.8) is 0 Å². The Morgan fingerprint density at radius 1 is 1.42 bits per heavy atom. The molecule has 19 heavy (non-hydrogen) atoms. The minimum absolute atomic E-state index is 0.0726. The number of hydrogen-bond donors (Lipinski definition) is 2. The lowest BCUT2D eigenvalue weighted by molar-refractivity contribution is -0.146. The molecule has 2 rings (SSSR count). The molecule has 2 aromatic heterocycles. The second-order valence-corrected chi connectivity index (χ2v) is 4.98. The Hall–Kier alpha value is -2.37. The highest BCUT2D eigenvalue weighted by atomic mass is 16.4. The van der Waals surface area contributed by atoms with Crippen LogP contribution in [0.4, 0.5) is 0 Å². The molecule has 2 N–H and O–H groups in total. The minimum atomic E-state index is -0.991. The zero-order chi connectivity index (χ0) is 14.0. The normalized spacial score (nSPS) is 11.5. The van der Waals surface area contributed by atoms with Crippen molar-refractivity contribution >= 4 is 17.5 Å². The number of amides is 1. The number of aromatic nitrogens is 2. The topological polar surface area (TPSA) is 83.7 Å². The number of pyridine rings is 1. The van der Waals surface area contributed by atoms with Gasteiger partial charge in [0.2, 0.25) is 0 Å². The van der Waals surface area contributed by atoms with Crippen LogP contribution in [-0.4, -0.2) is 32.9 Å². The van der Waals surface area contributed by atoms with Gasteiger partial charge in [0.05, 0.1) is 11.0 Å². The molecule has 0 radical (unpaired) electrons. The van der Waals surface area contributed by atoms with Gasteiger partial charge in [-0.05, 0) is 26.0 Å². The molecule has 2 heterocycles. The van der Waals surface area contributed by atoms with Crippen LogP contribution in [-0.2, 0) is 4.79 Å². The Labute approximate surface area is 110 Å². The molecule has 100 valence electrons. The molecular formula is C13H15N3O3. The number of rotatable bonds is 4. The predicted molar refractivity (Wildman–Crippen MR) is 68.9 cm³/mol. The van der Waals surface area contributed by atoms with E-state index >= 15 is 0 Å². The Bertz CT molecular complexity index is 631. The molecule has 0 aromatic carbocycles. The molecule has 0 fully saturated rings. The first-order chi connectivity index (χ1) is 8.90. The maximum absolute atomic E-state index is 11.9. The van der Waals surface area contributed by atoms with Gasteiger partial charge in [0.1, 0.15) is 5.65 Å². The van der Waals surface area contributed by atoms with E-state index in [1.165, 1.54) is 0 Å². The molecule has 0 aliphatic rings. The van der Waals surface area contributed by atoms with Crippen molar-refractivity contribution in [3.05, 3.63) is 36.3 Å². The zero-order valence-corrected chi connectivity index (χ0v) is 10.8. The summed E-state index contributed by atoms with van der Waals surface area (Å²) in [6.45, 7) is 3.20. The molecule has 1 amide bonds. The number of carbonyl (C=O) groups is 2. The lowest BCUT2D eigenvalue weighted by atomic mass is 9.94. The van der Waals surface area contributed by atoms with Crippen molar-refractivity contribution in [1.82, 2.24) is 14.7 Å². The van der Waals surface area contributed by atoms with Crippen molar-refractivity contribution in [2.75, 3.05) is 6.54 Å². The predicted octanol–water partition coefficient (Wildman–Crippen LogP) is 1.17. The lowest BCUT2D eigenvalue weighted by Gasteiger charge is -2.19. The number of fused-ring (bicyclic) bond motifs is 1. The fraction of sp³-hybridized carbons (Fsp3) is 0.308. The standard InChI is InChI=1S/C13H15N3O3/c1-13(2,12(18)19)8-15-11(17)9-3-4-10-14-5-6-16(10)7-9/h3-7H,8H2,1-2H3,(H,15,17)(H,18,19). The first-order valence-corrected chi connectivity index (χ1v) is 5.84. The molecule has 0 saturated heterocycles. The van der Waals surface area contributed by atoms with Crippen molar-refractivity contribution in [1.29, 1.82) is 0 Å². The van der Waals surface area contributed by atoms with Gasteiger partial charge in [-0.2, -0.15) is 0 Å². The van der Waals surface area contributed by atoms with E-state index in [0.29, 0.717) is 5.56 Å². The summed E-state index contributed by atoms with van der Waals surface area (Å²) in [4.78, 5) is 27.0.